The van der Waals surface area contributed by atoms with Crippen molar-refractivity contribution in [1.82, 2.24) is 4.57 Å². The molecule has 0 bridgehead atoms. The van der Waals surface area contributed by atoms with E-state index in [2.05, 4.69) is 0 Å². The number of fused-ring (bicyclic) bond motifs is 1. The molecule has 0 atom stereocenters. The summed E-state index contributed by atoms with van der Waals surface area (Å²) in [5, 5.41) is 0. The average molecular weight is 135 g/mol. The largest absolute Gasteiger partial charge is 0.312 e. The summed E-state index contributed by atoms with van der Waals surface area (Å²) >= 11 is 0. The van der Waals surface area contributed by atoms with E-state index >= 15 is 0 Å². The number of aromatic nitrogens is 2. The Labute approximate surface area is 60.6 Å². The summed E-state index contributed by atoms with van der Waals surface area (Å²) in [4.78, 5) is 1.37. The van der Waals surface area contributed by atoms with Crippen molar-refractivity contribution in [3.63, 3.8) is 0 Å². The lowest BCUT2D eigenvalue weighted by Gasteiger charge is -1.82. The first-order chi connectivity index (χ1) is 5.29. The molecular weight excluding hydrogens is 124 g/mol. The van der Waals surface area contributed by atoms with E-state index in [1.807, 2.05) is 35.9 Å². The van der Waals surface area contributed by atoms with Gasteiger partial charge >= 0.3 is 1.41 Å². The summed E-state index contributed by atoms with van der Waals surface area (Å²) in [6, 6.07) is 7.85. The summed E-state index contributed by atoms with van der Waals surface area (Å²) in [6.07, 6.45) is 1.74. The van der Waals surface area contributed by atoms with Gasteiger partial charge in [0.05, 0.1) is 7.05 Å². The van der Waals surface area contributed by atoms with Crippen LogP contribution in [-0.4, -0.2) is 4.57 Å². The van der Waals surface area contributed by atoms with Gasteiger partial charge in [-0.1, -0.05) is 12.1 Å². The lowest BCUT2D eigenvalue weighted by Crippen LogP contribution is -1.94. The molecule has 0 amide bonds. The Morgan fingerprint density at radius 2 is 2.30 bits per heavy atom. The molecule has 0 aliphatic carbocycles. The van der Waals surface area contributed by atoms with Crippen molar-refractivity contribution in [3.05, 3.63) is 30.6 Å². The van der Waals surface area contributed by atoms with Crippen molar-refractivity contribution in [2.75, 3.05) is 0 Å². The summed E-state index contributed by atoms with van der Waals surface area (Å²) in [7, 11) is 1.94. The Bertz CT molecular complexity index is 356. The molecule has 2 aromatic rings. The predicted octanol–water partition coefficient (Wildman–Crippen LogP) is 0.992. The number of aryl methyl sites for hydroxylation is 1. The smallest absolute Gasteiger partial charge is 0.243 e. The monoisotopic (exact) mass is 135 g/mol. The number of rotatable bonds is 0. The molecule has 0 saturated carbocycles. The SMILES string of the molecule is [3H][n+]1cn(C)c2ccccc21. The number of nitrogens with one attached hydrogen (secondary N) is 1. The highest BCUT2D eigenvalue weighted by Crippen LogP contribution is 2.05. The van der Waals surface area contributed by atoms with Gasteiger partial charge in [-0.2, -0.15) is 0 Å². The van der Waals surface area contributed by atoms with E-state index in [0.717, 1.165) is 11.0 Å². The molecular formula is C8H9N2+. The van der Waals surface area contributed by atoms with Crippen LogP contribution < -0.4 is 4.98 Å². The van der Waals surface area contributed by atoms with Crippen LogP contribution in [0, 0.1) is 0 Å². The summed E-state index contributed by atoms with van der Waals surface area (Å²) < 4.78 is 9.41. The molecule has 2 heteroatoms. The van der Waals surface area contributed by atoms with E-state index < -0.39 is 0 Å². The molecule has 0 fully saturated rings. The summed E-state index contributed by atoms with van der Waals surface area (Å²) in [6.45, 7) is 0. The molecule has 0 unspecified atom stereocenters. The van der Waals surface area contributed by atoms with Crippen LogP contribution in [0.2, 0.25) is 1.41 Å². The normalized spacial score (nSPS) is 11.9. The van der Waals surface area contributed by atoms with Crippen molar-refractivity contribution >= 4 is 11.0 Å². The molecule has 0 aliphatic rings. The number of H-pyrrole nitrogens is 1. The van der Waals surface area contributed by atoms with Gasteiger partial charge in [0.2, 0.25) is 6.33 Å². The fourth-order valence-corrected chi connectivity index (χ4v) is 1.08. The Hall–Kier alpha value is -1.31. The number of aromatic amines is 1. The second-order valence-corrected chi connectivity index (χ2v) is 2.34. The molecule has 2 nitrogen and oxygen atoms in total. The van der Waals surface area contributed by atoms with Gasteiger partial charge in [0.25, 0.3) is 0 Å². The highest BCUT2D eigenvalue weighted by molar-refractivity contribution is 5.70. The molecule has 50 valence electrons. The van der Waals surface area contributed by atoms with Gasteiger partial charge in [-0.15, -0.1) is 0 Å². The summed E-state index contributed by atoms with van der Waals surface area (Å²) in [5.74, 6) is 0. The van der Waals surface area contributed by atoms with Crippen LogP contribution in [0.15, 0.2) is 30.6 Å². The van der Waals surface area contributed by atoms with Gasteiger partial charge in [-0.25, -0.2) is 9.54 Å². The van der Waals surface area contributed by atoms with Crippen molar-refractivity contribution < 1.29 is 6.39 Å². The van der Waals surface area contributed by atoms with Gasteiger partial charge in [0.15, 0.2) is 11.0 Å². The van der Waals surface area contributed by atoms with Crippen LogP contribution in [0.5, 0.6) is 0 Å². The Balaban J connectivity index is 2.95. The molecule has 0 aliphatic heterocycles. The second-order valence-electron chi connectivity index (χ2n) is 2.34. The van der Waals surface area contributed by atoms with Gasteiger partial charge < -0.3 is 0 Å². The maximum absolute atomic E-state index is 7.48. The zero-order chi connectivity index (χ0) is 7.84. The van der Waals surface area contributed by atoms with Crippen molar-refractivity contribution in [2.45, 2.75) is 0 Å². The van der Waals surface area contributed by atoms with E-state index in [1.165, 1.54) is 4.98 Å². The Morgan fingerprint density at radius 3 is 3.10 bits per heavy atom. The van der Waals surface area contributed by atoms with Crippen molar-refractivity contribution in [2.24, 2.45) is 7.05 Å². The van der Waals surface area contributed by atoms with Crippen LogP contribution in [0.1, 0.15) is 0 Å². The predicted molar refractivity (Wildman–Crippen MR) is 39.5 cm³/mol. The first-order valence-electron chi connectivity index (χ1n) is 3.69. The lowest BCUT2D eigenvalue weighted by molar-refractivity contribution is -0.346. The number of hydrogen-bond donors (Lipinski definition) is 0. The van der Waals surface area contributed by atoms with Crippen molar-refractivity contribution in [1.29, 1.82) is 0 Å². The molecule has 1 aromatic carbocycles. The van der Waals surface area contributed by atoms with Crippen molar-refractivity contribution in [3.8, 4) is 0 Å². The molecule has 0 radical (unpaired) electrons. The fraction of sp³-hybridized carbons (Fsp3) is 0.125. The van der Waals surface area contributed by atoms with Crippen LogP contribution >= 0.6 is 0 Å². The van der Waals surface area contributed by atoms with E-state index in [-0.39, 0.29) is 0 Å². The first-order valence-corrected chi connectivity index (χ1v) is 3.24. The Morgan fingerprint density at radius 1 is 1.50 bits per heavy atom. The van der Waals surface area contributed by atoms with Gasteiger partial charge in [0, 0.05) is 0 Å². The molecule has 10 heavy (non-hydrogen) atoms. The molecule has 0 spiro atoms. The third kappa shape index (κ3) is 0.620. The minimum atomic E-state index is 0.940. The topological polar surface area (TPSA) is 19.1 Å². The third-order valence-corrected chi connectivity index (χ3v) is 1.63. The Kier molecular flexibility index (Phi) is 0.826. The third-order valence-electron chi connectivity index (χ3n) is 1.63. The molecule has 1 N–H and O–H groups in total. The van der Waals surface area contributed by atoms with Crippen LogP contribution in [-0.2, 0) is 7.05 Å². The lowest BCUT2D eigenvalue weighted by atomic mass is 10.3. The molecule has 0 saturated heterocycles. The van der Waals surface area contributed by atoms with E-state index in [0.29, 0.717) is 0 Å². The number of benzene rings is 1. The molecule has 1 aromatic heterocycles. The van der Waals surface area contributed by atoms with Gasteiger partial charge in [-0.05, 0) is 12.1 Å². The maximum Gasteiger partial charge on any atom is 0.312 e. The minimum absolute atomic E-state index is 0.940. The number of hydrogen-bond acceptors (Lipinski definition) is 0. The summed E-state index contributed by atoms with van der Waals surface area (Å²) in [5.41, 5.74) is 2.03. The second kappa shape index (κ2) is 1.84. The number of nitrogens with zero attached hydrogens (tertiary/aromatic N) is 1. The average Bonchev–Trinajstić information content (AvgIpc) is 2.30. The maximum atomic E-state index is 7.48. The fourth-order valence-electron chi connectivity index (χ4n) is 1.08. The van der Waals surface area contributed by atoms with Crippen LogP contribution in [0.3, 0.4) is 0 Å². The van der Waals surface area contributed by atoms with Gasteiger partial charge in [0.1, 0.15) is 0 Å². The molecule has 1 heterocycles. The van der Waals surface area contributed by atoms with Crippen LogP contribution in [0.4, 0.5) is 0 Å². The van der Waals surface area contributed by atoms with E-state index in [1.54, 1.807) is 6.33 Å². The number of para-hydroxylation sites is 2. The van der Waals surface area contributed by atoms with E-state index in [4.69, 9.17) is 1.41 Å². The first kappa shape index (κ1) is 4.50. The highest BCUT2D eigenvalue weighted by atomic mass is 15.0. The van der Waals surface area contributed by atoms with Crippen LogP contribution in [0.25, 0.3) is 11.0 Å². The quantitative estimate of drug-likeness (QED) is 0.513. The van der Waals surface area contributed by atoms with E-state index in [9.17, 15) is 0 Å². The zero-order valence-corrected chi connectivity index (χ0v) is 5.78. The number of imidazole rings is 1. The minimum Gasteiger partial charge on any atom is -0.243 e. The highest BCUT2D eigenvalue weighted by Gasteiger charge is 2.01. The van der Waals surface area contributed by atoms with Gasteiger partial charge in [-0.3, -0.25) is 0 Å². The zero-order valence-electron chi connectivity index (χ0n) is 6.78. The standard InChI is InChI=1S/C8H8N2/c1-10-6-9-7-4-2-3-5-8(7)10/h2-6H,1H3/p+1/i/hT. The molecule has 2 rings (SSSR count).